The van der Waals surface area contributed by atoms with Crippen LogP contribution in [0.3, 0.4) is 0 Å². The maximum absolute atomic E-state index is 15.5. The van der Waals surface area contributed by atoms with Gasteiger partial charge in [-0.2, -0.15) is 0 Å². The third-order valence-corrected chi connectivity index (χ3v) is 20.5. The number of likely N-dealkylation sites (N-methyl/N-ethyl adjacent to an activating group) is 9. The van der Waals surface area contributed by atoms with Crippen LogP contribution < -0.4 is 15.7 Å². The lowest BCUT2D eigenvalue weighted by molar-refractivity contribution is -0.165. The number of amides is 12. The van der Waals surface area contributed by atoms with Gasteiger partial charge < -0.3 is 80.1 Å². The fraction of sp³-hybridized carbons (Fsp3) is 0.739. The normalized spacial score (nSPS) is 29.2. The molecule has 0 aromatic heterocycles. The van der Waals surface area contributed by atoms with E-state index in [1.807, 2.05) is 0 Å². The lowest BCUT2D eigenvalue weighted by Crippen LogP contribution is -2.65. The van der Waals surface area contributed by atoms with Crippen molar-refractivity contribution in [1.82, 2.24) is 59.6 Å². The minimum atomic E-state index is -2.38. The minimum absolute atomic E-state index is 0.122. The lowest BCUT2D eigenvalue weighted by Gasteiger charge is -2.43. The molecule has 7 N–H and O–H groups in total. The van der Waals surface area contributed by atoms with Crippen LogP contribution in [0.4, 0.5) is 5.69 Å². The predicted molar refractivity (Wildman–Crippen MR) is 366 cm³/mol. The van der Waals surface area contributed by atoms with E-state index in [-0.39, 0.29) is 17.7 Å². The Morgan fingerprint density at radius 1 is 0.505 bits per heavy atom. The second-order valence-electron chi connectivity index (χ2n) is 29.7. The highest BCUT2D eigenvalue weighted by Crippen LogP contribution is 2.52. The summed E-state index contributed by atoms with van der Waals surface area (Å²) in [5.41, 5.74) is -3.91. The number of carbonyl (C=O) groups is 12. The molecule has 30 nitrogen and oxygen atoms in total. The summed E-state index contributed by atoms with van der Waals surface area (Å²) < 4.78 is 0. The van der Waals surface area contributed by atoms with E-state index < -0.39 is 216 Å². The SMILES string of the molecule is CCC(C)[C@@H]1NC(=O)[C@H](C(C)C)N(C)C(=O)[C@@H]2C[C@@]3(O)c4ccccc4N(O)[C@H]3N2C(=O)CN(C)C(=O)[C@H]([C@@H](C)CC)N(C)C(=O)[C@H](C(C)C)NC(=O)C(O)N(C)C(=O)[C@H]([C@@H](C)C(C)O)N(C)C(=O)[C@H](C(C)(C)O)N(C)C(=O)CN(C)C(=O)[C@H](C(C)C)N(C)C(=O)[C@H](C(C)C)N(C)C1=O. The van der Waals surface area contributed by atoms with E-state index in [1.165, 1.54) is 99.0 Å². The van der Waals surface area contributed by atoms with E-state index in [9.17, 15) is 54.4 Å². The van der Waals surface area contributed by atoms with Crippen molar-refractivity contribution in [1.29, 1.82) is 0 Å². The number of hydroxylamine groups is 1. The Balaban J connectivity index is 1.98. The Morgan fingerprint density at radius 3 is 1.41 bits per heavy atom. The van der Waals surface area contributed by atoms with Crippen LogP contribution in [0.5, 0.6) is 0 Å². The zero-order valence-electron chi connectivity index (χ0n) is 62.9. The molecule has 0 aliphatic carbocycles. The highest BCUT2D eigenvalue weighted by atomic mass is 16.5. The number of aliphatic hydroxyl groups is 4. The van der Waals surface area contributed by atoms with Gasteiger partial charge in [-0.25, -0.2) is 5.06 Å². The lowest BCUT2D eigenvalue weighted by atomic mass is 9.90. The van der Waals surface area contributed by atoms with Crippen LogP contribution in [0.15, 0.2) is 24.3 Å². The van der Waals surface area contributed by atoms with Gasteiger partial charge in [0.05, 0.1) is 30.5 Å². The number of hydrogen-bond acceptors (Lipinski definition) is 18. The number of nitrogens with one attached hydrogen (secondary N) is 2. The van der Waals surface area contributed by atoms with E-state index in [0.717, 1.165) is 48.4 Å². The first kappa shape index (κ1) is 83.9. The van der Waals surface area contributed by atoms with Crippen molar-refractivity contribution >= 4 is 76.6 Å². The van der Waals surface area contributed by atoms with Gasteiger partial charge in [-0.1, -0.05) is 121 Å². The summed E-state index contributed by atoms with van der Waals surface area (Å²) in [7, 11) is 11.4. The van der Waals surface area contributed by atoms with Crippen LogP contribution in [0.25, 0.3) is 0 Å². The maximum Gasteiger partial charge on any atom is 0.270 e. The molecule has 30 heteroatoms. The van der Waals surface area contributed by atoms with Gasteiger partial charge >= 0.3 is 0 Å². The van der Waals surface area contributed by atoms with E-state index >= 15 is 28.8 Å². The molecule has 3 heterocycles. The van der Waals surface area contributed by atoms with Crippen molar-refractivity contribution in [2.24, 2.45) is 41.4 Å². The van der Waals surface area contributed by atoms with E-state index in [2.05, 4.69) is 10.6 Å². The smallest absolute Gasteiger partial charge is 0.270 e. The highest BCUT2D eigenvalue weighted by Gasteiger charge is 2.64. The molecule has 2 saturated heterocycles. The van der Waals surface area contributed by atoms with Crippen LogP contribution in [0.2, 0.25) is 0 Å². The fourth-order valence-electron chi connectivity index (χ4n) is 14.1. The van der Waals surface area contributed by atoms with E-state index in [1.54, 1.807) is 95.2 Å². The quantitative estimate of drug-likeness (QED) is 0.155. The molecule has 0 spiro atoms. The summed E-state index contributed by atoms with van der Waals surface area (Å²) in [5, 5.41) is 65.2. The average Bonchev–Trinajstić information content (AvgIpc) is 1.54. The first-order chi connectivity index (χ1) is 45.6. The second-order valence-corrected chi connectivity index (χ2v) is 29.7. The van der Waals surface area contributed by atoms with Crippen molar-refractivity contribution in [2.45, 2.75) is 214 Å². The summed E-state index contributed by atoms with van der Waals surface area (Å²) in [6.45, 7) is 23.8. The van der Waals surface area contributed by atoms with Crippen LogP contribution >= 0.6 is 0 Å². The van der Waals surface area contributed by atoms with Crippen molar-refractivity contribution in [2.75, 3.05) is 81.6 Å². The Labute approximate surface area is 584 Å². The number of hydrogen-bond donors (Lipinski definition) is 7. The van der Waals surface area contributed by atoms with Gasteiger partial charge in [0.2, 0.25) is 71.2 Å². The fourth-order valence-corrected chi connectivity index (χ4v) is 14.1. The van der Waals surface area contributed by atoms with Gasteiger partial charge in [0.25, 0.3) is 5.91 Å². The van der Waals surface area contributed by atoms with Crippen molar-refractivity contribution in [3.63, 3.8) is 0 Å². The summed E-state index contributed by atoms with van der Waals surface area (Å²) >= 11 is 0. The molecule has 2 fully saturated rings. The monoisotopic (exact) mass is 1400 g/mol. The van der Waals surface area contributed by atoms with Crippen LogP contribution in [0, 0.1) is 41.4 Å². The zero-order valence-corrected chi connectivity index (χ0v) is 62.9. The molecular weight excluding hydrogens is 1280 g/mol. The van der Waals surface area contributed by atoms with Gasteiger partial charge in [-0.05, 0) is 62.3 Å². The van der Waals surface area contributed by atoms with E-state index in [4.69, 9.17) is 0 Å². The molecule has 12 amide bonds. The third kappa shape index (κ3) is 17.3. The molecule has 3 unspecified atom stereocenters. The molecule has 16 atom stereocenters. The molecule has 0 radical (unpaired) electrons. The van der Waals surface area contributed by atoms with Crippen molar-refractivity contribution in [3.05, 3.63) is 29.8 Å². The van der Waals surface area contributed by atoms with E-state index in [0.29, 0.717) is 16.4 Å². The summed E-state index contributed by atoms with van der Waals surface area (Å²) in [5.74, 6) is -15.8. The maximum atomic E-state index is 15.5. The standard InChI is InChI=1S/C69H115N13O17/c1-26-39(11)49-60(90)76(21)52(38(9)10)63(93)77(22)51(37(7)8)61(91)72(17)33-46(84)74(19)55(68(15,16)97)65(95)79(24)54(41(13)42(14)83)64(94)80(25)66(96)57(87)70-48(35(3)4)59(89)78(23)53(40(12)27-2)62(92)73(18)34-47(85)81-45(58(88)75(20)50(36(5)6)56(86)71-49)32-69(98)43-30-28-29-31-44(43)82(99)67(69)81/h28-31,35-42,45,48-55,66-67,83,96-99H,26-27,32-34H2,1-25H3,(H,70,87)(H,71,86)/t39?,40-,41-,42?,45-,48-,49-,50-,51-,52-,53-,54-,55+,66?,67+,69+/m0/s1. The molecule has 1 aromatic rings. The first-order valence-corrected chi connectivity index (χ1v) is 34.2. The zero-order chi connectivity index (χ0) is 76.2. The first-order valence-electron chi connectivity index (χ1n) is 34.2. The highest BCUT2D eigenvalue weighted by molar-refractivity contribution is 6.00. The average molecular weight is 1400 g/mol. The topological polar surface area (TPSA) is 366 Å². The summed E-state index contributed by atoms with van der Waals surface area (Å²) in [4.78, 5) is 189. The third-order valence-electron chi connectivity index (χ3n) is 20.5. The number of fused-ring (bicyclic) bond motifs is 5. The number of anilines is 1. The Kier molecular flexibility index (Phi) is 28.2. The van der Waals surface area contributed by atoms with Gasteiger partial charge in [0.15, 0.2) is 6.17 Å². The second kappa shape index (κ2) is 33.3. The number of nitrogens with zero attached hydrogens (tertiary/aromatic N) is 11. The largest absolute Gasteiger partial charge is 0.393 e. The Bertz CT molecular complexity index is 3140. The number of aliphatic hydroxyl groups excluding tert-OH is 2. The van der Waals surface area contributed by atoms with Crippen LogP contribution in [-0.4, -0.2) is 301 Å². The Hall–Kier alpha value is -7.54. The van der Waals surface area contributed by atoms with Gasteiger partial charge in [-0.15, -0.1) is 0 Å². The van der Waals surface area contributed by atoms with Gasteiger partial charge in [0.1, 0.15) is 60.0 Å². The van der Waals surface area contributed by atoms with Gasteiger partial charge in [-0.3, -0.25) is 62.7 Å². The number of benzene rings is 1. The minimum Gasteiger partial charge on any atom is -0.393 e. The van der Waals surface area contributed by atoms with Crippen LogP contribution in [0.1, 0.15) is 136 Å². The number of para-hydroxylation sites is 1. The molecular formula is C69H115N13O17. The molecule has 3 aliphatic heterocycles. The van der Waals surface area contributed by atoms with Crippen molar-refractivity contribution < 1.29 is 83.2 Å². The number of rotatable bonds is 11. The molecule has 3 aliphatic rings. The molecule has 4 rings (SSSR count). The van der Waals surface area contributed by atoms with Gasteiger partial charge in [0, 0.05) is 81.3 Å². The molecule has 558 valence electrons. The van der Waals surface area contributed by atoms with Crippen LogP contribution in [-0.2, 0) is 63.1 Å². The summed E-state index contributed by atoms with van der Waals surface area (Å²) in [6.07, 6.45) is -5.28. The Morgan fingerprint density at radius 2 is 0.929 bits per heavy atom. The number of carbonyl (C=O) groups excluding carboxylic acids is 12. The molecule has 1 aromatic carbocycles. The molecule has 0 bridgehead atoms. The predicted octanol–water partition coefficient (Wildman–Crippen LogP) is 0.153. The van der Waals surface area contributed by atoms with Crippen molar-refractivity contribution in [3.8, 4) is 0 Å². The summed E-state index contributed by atoms with van der Waals surface area (Å²) in [6, 6.07) is -7.03. The molecule has 99 heavy (non-hydrogen) atoms. The molecule has 0 saturated carbocycles.